The lowest BCUT2D eigenvalue weighted by atomic mass is 10.2. The van der Waals surface area contributed by atoms with Crippen LogP contribution < -0.4 is 0 Å². The largest absolute Gasteiger partial charge is 0.481 e. The van der Waals surface area contributed by atoms with E-state index in [4.69, 9.17) is 5.11 Å². The van der Waals surface area contributed by atoms with Crippen molar-refractivity contribution in [3.8, 4) is 0 Å². The molecule has 2 nitrogen and oxygen atoms in total. The lowest BCUT2D eigenvalue weighted by Gasteiger charge is -1.87. The van der Waals surface area contributed by atoms with Crippen LogP contribution in [0, 0.1) is 0 Å². The Labute approximate surface area is 147 Å². The van der Waals surface area contributed by atoms with Crippen molar-refractivity contribution in [2.75, 3.05) is 0 Å². The van der Waals surface area contributed by atoms with Crippen LogP contribution in [0.4, 0.5) is 0 Å². The van der Waals surface area contributed by atoms with E-state index in [1.165, 1.54) is 0 Å². The first-order valence-electron chi connectivity index (χ1n) is 8.89. The van der Waals surface area contributed by atoms with E-state index in [9.17, 15) is 4.79 Å². The molecular weight excluding hydrogens is 296 g/mol. The summed E-state index contributed by atoms with van der Waals surface area (Å²) >= 11 is 0. The molecule has 132 valence electrons. The van der Waals surface area contributed by atoms with Gasteiger partial charge in [-0.2, -0.15) is 0 Å². The number of allylic oxidation sites excluding steroid dienone is 12. The van der Waals surface area contributed by atoms with Gasteiger partial charge in [-0.15, -0.1) is 0 Å². The van der Waals surface area contributed by atoms with Crippen molar-refractivity contribution < 1.29 is 9.90 Å². The Morgan fingerprint density at radius 3 is 1.29 bits per heavy atom. The minimum Gasteiger partial charge on any atom is -0.481 e. The van der Waals surface area contributed by atoms with Crippen molar-refractivity contribution >= 4 is 5.97 Å². The summed E-state index contributed by atoms with van der Waals surface area (Å²) < 4.78 is 0. The van der Waals surface area contributed by atoms with Gasteiger partial charge in [-0.25, -0.2) is 0 Å². The zero-order chi connectivity index (χ0) is 17.7. The van der Waals surface area contributed by atoms with Gasteiger partial charge in [0.2, 0.25) is 0 Å². The Morgan fingerprint density at radius 1 is 0.625 bits per heavy atom. The Hall–Kier alpha value is -2.09. The Balaban J connectivity index is 3.51. The van der Waals surface area contributed by atoms with Crippen LogP contribution in [0.1, 0.15) is 58.3 Å². The molecule has 1 N–H and O–H groups in total. The smallest absolute Gasteiger partial charge is 0.303 e. The molecule has 0 aromatic carbocycles. The third-order valence-corrected chi connectivity index (χ3v) is 3.12. The molecule has 0 amide bonds. The number of carboxylic acids is 1. The van der Waals surface area contributed by atoms with E-state index in [1.807, 2.05) is 12.2 Å². The molecule has 2 heteroatoms. The molecule has 0 bridgehead atoms. The zero-order valence-electron chi connectivity index (χ0n) is 14.9. The van der Waals surface area contributed by atoms with Crippen LogP contribution in [0.5, 0.6) is 0 Å². The van der Waals surface area contributed by atoms with E-state index in [0.717, 1.165) is 38.5 Å². The highest BCUT2D eigenvalue weighted by molar-refractivity contribution is 5.66. The minimum absolute atomic E-state index is 0.210. The topological polar surface area (TPSA) is 37.3 Å². The van der Waals surface area contributed by atoms with Crippen LogP contribution in [0.15, 0.2) is 72.9 Å². The monoisotopic (exact) mass is 328 g/mol. The number of hydrogen-bond donors (Lipinski definition) is 1. The SMILES string of the molecule is CCC=CC/C=C\C/C=C\C/C=C\C/C=C\C/C=C\CCC(=O)O. The predicted octanol–water partition coefficient (Wildman–Crippen LogP) is 6.55. The number of aliphatic carboxylic acids is 1. The summed E-state index contributed by atoms with van der Waals surface area (Å²) in [5.41, 5.74) is 0. The molecular formula is C22H32O2. The Kier molecular flexibility index (Phi) is 17.3. The predicted molar refractivity (Wildman–Crippen MR) is 105 cm³/mol. The van der Waals surface area contributed by atoms with Crippen molar-refractivity contribution in [3.05, 3.63) is 72.9 Å². The van der Waals surface area contributed by atoms with Crippen molar-refractivity contribution in [1.82, 2.24) is 0 Å². The fourth-order valence-corrected chi connectivity index (χ4v) is 1.85. The minimum atomic E-state index is -0.741. The molecule has 0 saturated carbocycles. The number of rotatable bonds is 14. The highest BCUT2D eigenvalue weighted by atomic mass is 16.4. The Bertz CT molecular complexity index is 462. The maximum absolute atomic E-state index is 10.3. The van der Waals surface area contributed by atoms with Crippen LogP contribution in [0.25, 0.3) is 0 Å². The van der Waals surface area contributed by atoms with E-state index in [0.29, 0.717) is 6.42 Å². The number of carboxylic acid groups (broad SMARTS) is 1. The summed E-state index contributed by atoms with van der Waals surface area (Å²) in [5.74, 6) is -0.741. The molecule has 0 heterocycles. The van der Waals surface area contributed by atoms with Crippen LogP contribution >= 0.6 is 0 Å². The van der Waals surface area contributed by atoms with Crippen LogP contribution in [-0.4, -0.2) is 11.1 Å². The molecule has 0 aliphatic heterocycles. The van der Waals surface area contributed by atoms with Gasteiger partial charge in [-0.05, 0) is 44.9 Å². The third-order valence-electron chi connectivity index (χ3n) is 3.12. The van der Waals surface area contributed by atoms with E-state index in [2.05, 4.69) is 67.7 Å². The van der Waals surface area contributed by atoms with Gasteiger partial charge in [0.1, 0.15) is 0 Å². The molecule has 0 radical (unpaired) electrons. The lowest BCUT2D eigenvalue weighted by molar-refractivity contribution is -0.136. The van der Waals surface area contributed by atoms with E-state index < -0.39 is 5.97 Å². The summed E-state index contributed by atoms with van der Waals surface area (Å²) in [6, 6.07) is 0. The first-order chi connectivity index (χ1) is 11.8. The molecule has 0 spiro atoms. The van der Waals surface area contributed by atoms with Crippen molar-refractivity contribution in [2.24, 2.45) is 0 Å². The van der Waals surface area contributed by atoms with Crippen molar-refractivity contribution in [2.45, 2.75) is 58.3 Å². The number of hydrogen-bond acceptors (Lipinski definition) is 1. The quantitative estimate of drug-likeness (QED) is 0.367. The van der Waals surface area contributed by atoms with Gasteiger partial charge in [0.25, 0.3) is 0 Å². The fraction of sp³-hybridized carbons (Fsp3) is 0.409. The molecule has 0 aromatic rings. The van der Waals surface area contributed by atoms with E-state index in [-0.39, 0.29) is 6.42 Å². The summed E-state index contributed by atoms with van der Waals surface area (Å²) in [6.07, 6.45) is 32.5. The fourth-order valence-electron chi connectivity index (χ4n) is 1.85. The molecule has 0 aliphatic rings. The molecule has 0 unspecified atom stereocenters. The van der Waals surface area contributed by atoms with Crippen molar-refractivity contribution in [1.29, 1.82) is 0 Å². The summed E-state index contributed by atoms with van der Waals surface area (Å²) in [7, 11) is 0. The van der Waals surface area contributed by atoms with E-state index >= 15 is 0 Å². The van der Waals surface area contributed by atoms with Gasteiger partial charge in [-0.1, -0.05) is 79.8 Å². The van der Waals surface area contributed by atoms with Gasteiger partial charge in [0.15, 0.2) is 0 Å². The van der Waals surface area contributed by atoms with Crippen LogP contribution in [0.2, 0.25) is 0 Å². The molecule has 0 atom stereocenters. The summed E-state index contributed by atoms with van der Waals surface area (Å²) in [4.78, 5) is 10.3. The first kappa shape index (κ1) is 21.9. The second-order valence-corrected chi connectivity index (χ2v) is 5.35. The summed E-state index contributed by atoms with van der Waals surface area (Å²) in [5, 5.41) is 8.49. The maximum atomic E-state index is 10.3. The van der Waals surface area contributed by atoms with Crippen LogP contribution in [-0.2, 0) is 4.79 Å². The van der Waals surface area contributed by atoms with Gasteiger partial charge in [-0.3, -0.25) is 4.79 Å². The van der Waals surface area contributed by atoms with Gasteiger partial charge < -0.3 is 5.11 Å². The second kappa shape index (κ2) is 19.0. The lowest BCUT2D eigenvalue weighted by Crippen LogP contribution is -1.91. The average molecular weight is 328 g/mol. The number of carbonyl (C=O) groups is 1. The first-order valence-corrected chi connectivity index (χ1v) is 8.89. The third kappa shape index (κ3) is 19.9. The standard InChI is InChI=1S/C22H32O2/c1-2-3-4-5-6-7-8-9-10-11-12-13-14-15-16-17-18-19-20-21-22(23)24/h3-4,6-7,9-10,12-13,15-16,18-19H,2,5,8,11,14,17,20-21H2,1H3,(H,23,24)/b4-3?,7-6-,10-9-,13-12-,16-15-,19-18-. The van der Waals surface area contributed by atoms with Gasteiger partial charge >= 0.3 is 5.97 Å². The van der Waals surface area contributed by atoms with Crippen LogP contribution in [0.3, 0.4) is 0 Å². The highest BCUT2D eigenvalue weighted by Gasteiger charge is 1.90. The van der Waals surface area contributed by atoms with Gasteiger partial charge in [0, 0.05) is 6.42 Å². The molecule has 0 aromatic heterocycles. The Morgan fingerprint density at radius 2 is 0.958 bits per heavy atom. The highest BCUT2D eigenvalue weighted by Crippen LogP contribution is 1.97. The molecule has 0 saturated heterocycles. The average Bonchev–Trinajstić information content (AvgIpc) is 2.56. The molecule has 24 heavy (non-hydrogen) atoms. The zero-order valence-corrected chi connectivity index (χ0v) is 14.9. The molecule has 0 fully saturated rings. The van der Waals surface area contributed by atoms with E-state index in [1.54, 1.807) is 0 Å². The summed E-state index contributed by atoms with van der Waals surface area (Å²) in [6.45, 7) is 2.15. The molecule has 0 aliphatic carbocycles. The second-order valence-electron chi connectivity index (χ2n) is 5.35. The maximum Gasteiger partial charge on any atom is 0.303 e. The normalized spacial score (nSPS) is 13.0. The molecule has 0 rings (SSSR count). The van der Waals surface area contributed by atoms with Gasteiger partial charge in [0.05, 0.1) is 0 Å². The van der Waals surface area contributed by atoms with Crippen molar-refractivity contribution in [3.63, 3.8) is 0 Å².